The number of rotatable bonds is 2. The Kier molecular flexibility index (Phi) is 2.95. The third-order valence-corrected chi connectivity index (χ3v) is 3.30. The van der Waals surface area contributed by atoms with Gasteiger partial charge in [0.1, 0.15) is 29.6 Å². The number of benzene rings is 2. The van der Waals surface area contributed by atoms with Gasteiger partial charge in [-0.25, -0.2) is 8.78 Å². The summed E-state index contributed by atoms with van der Waals surface area (Å²) in [4.78, 5) is 0. The van der Waals surface area contributed by atoms with Crippen molar-refractivity contribution in [2.75, 3.05) is 0 Å². The molecule has 0 bridgehead atoms. The van der Waals surface area contributed by atoms with Crippen LogP contribution in [0.2, 0.25) is 0 Å². The van der Waals surface area contributed by atoms with Crippen LogP contribution in [0.4, 0.5) is 8.78 Å². The molecular weight excluding hydrogens is 250 g/mol. The summed E-state index contributed by atoms with van der Waals surface area (Å²) in [5.74, 6) is -0.525. The van der Waals surface area contributed by atoms with Crippen molar-refractivity contribution < 1.29 is 18.6 Å². The van der Waals surface area contributed by atoms with Gasteiger partial charge < -0.3 is 9.84 Å². The molecule has 0 spiro atoms. The second-order valence-corrected chi connectivity index (χ2v) is 4.58. The summed E-state index contributed by atoms with van der Waals surface area (Å²) in [6.07, 6.45) is -1.30. The Morgan fingerprint density at radius 2 is 1.95 bits per heavy atom. The Morgan fingerprint density at radius 1 is 1.16 bits per heavy atom. The zero-order valence-electron chi connectivity index (χ0n) is 10.0. The number of aliphatic hydroxyl groups is 1. The second-order valence-electron chi connectivity index (χ2n) is 4.58. The fourth-order valence-corrected chi connectivity index (χ4v) is 2.33. The van der Waals surface area contributed by atoms with E-state index in [9.17, 15) is 13.9 Å². The van der Waals surface area contributed by atoms with Gasteiger partial charge in [0.25, 0.3) is 0 Å². The monoisotopic (exact) mass is 262 g/mol. The first kappa shape index (κ1) is 12.1. The molecule has 98 valence electrons. The standard InChI is InChI=1S/C15H12F2O2/c16-10-5-6-12(17)11(8-10)15(18)14-7-9-3-1-2-4-13(9)19-14/h1-6,8,14-15,18H,7H2. The van der Waals surface area contributed by atoms with E-state index in [0.717, 1.165) is 23.8 Å². The summed E-state index contributed by atoms with van der Waals surface area (Å²) in [6, 6.07) is 10.4. The molecule has 2 atom stereocenters. The van der Waals surface area contributed by atoms with E-state index in [1.165, 1.54) is 0 Å². The Balaban J connectivity index is 1.87. The van der Waals surface area contributed by atoms with Crippen molar-refractivity contribution in [2.24, 2.45) is 0 Å². The van der Waals surface area contributed by atoms with Gasteiger partial charge in [0.05, 0.1) is 0 Å². The maximum Gasteiger partial charge on any atom is 0.133 e. The normalized spacial score (nSPS) is 18.8. The van der Waals surface area contributed by atoms with Gasteiger partial charge in [0.2, 0.25) is 0 Å². The molecule has 1 aliphatic heterocycles. The van der Waals surface area contributed by atoms with Gasteiger partial charge >= 0.3 is 0 Å². The lowest BCUT2D eigenvalue weighted by Crippen LogP contribution is -2.24. The van der Waals surface area contributed by atoms with Crippen LogP contribution in [0.25, 0.3) is 0 Å². The molecule has 1 N–H and O–H groups in total. The Hall–Kier alpha value is -1.94. The summed E-state index contributed by atoms with van der Waals surface area (Å²) in [6.45, 7) is 0. The van der Waals surface area contributed by atoms with Crippen LogP contribution in [0.5, 0.6) is 5.75 Å². The number of hydrogen-bond acceptors (Lipinski definition) is 2. The third kappa shape index (κ3) is 2.19. The van der Waals surface area contributed by atoms with Gasteiger partial charge in [0.15, 0.2) is 0 Å². The molecule has 19 heavy (non-hydrogen) atoms. The molecule has 2 nitrogen and oxygen atoms in total. The van der Waals surface area contributed by atoms with E-state index >= 15 is 0 Å². The quantitative estimate of drug-likeness (QED) is 0.901. The lowest BCUT2D eigenvalue weighted by Gasteiger charge is -2.19. The largest absolute Gasteiger partial charge is 0.487 e. The first-order valence-corrected chi connectivity index (χ1v) is 6.03. The van der Waals surface area contributed by atoms with Gasteiger partial charge in [-0.05, 0) is 29.8 Å². The molecule has 0 aliphatic carbocycles. The number of aliphatic hydroxyl groups excluding tert-OH is 1. The summed E-state index contributed by atoms with van der Waals surface area (Å²) < 4.78 is 32.3. The number of ether oxygens (including phenoxy) is 1. The minimum Gasteiger partial charge on any atom is -0.487 e. The van der Waals surface area contributed by atoms with E-state index in [1.54, 1.807) is 6.07 Å². The van der Waals surface area contributed by atoms with Crippen molar-refractivity contribution in [1.82, 2.24) is 0 Å². The van der Waals surface area contributed by atoms with E-state index < -0.39 is 23.8 Å². The minimum absolute atomic E-state index is 0.0715. The number of hydrogen-bond donors (Lipinski definition) is 1. The molecule has 1 aliphatic rings. The van der Waals surface area contributed by atoms with Crippen LogP contribution in [-0.4, -0.2) is 11.2 Å². The average Bonchev–Trinajstić information content (AvgIpc) is 2.84. The predicted octanol–water partition coefficient (Wildman–Crippen LogP) is 3.00. The van der Waals surface area contributed by atoms with Crippen LogP contribution in [0.1, 0.15) is 17.2 Å². The summed E-state index contributed by atoms with van der Waals surface area (Å²) >= 11 is 0. The maximum absolute atomic E-state index is 13.6. The molecule has 0 saturated heterocycles. The first-order chi connectivity index (χ1) is 9.15. The van der Waals surface area contributed by atoms with Crippen molar-refractivity contribution in [1.29, 1.82) is 0 Å². The van der Waals surface area contributed by atoms with Crippen LogP contribution in [0.3, 0.4) is 0 Å². The Bertz CT molecular complexity index is 588. The fourth-order valence-electron chi connectivity index (χ4n) is 2.33. The van der Waals surface area contributed by atoms with E-state index in [0.29, 0.717) is 12.2 Å². The maximum atomic E-state index is 13.6. The van der Waals surface area contributed by atoms with E-state index in [-0.39, 0.29) is 5.56 Å². The molecule has 0 fully saturated rings. The minimum atomic E-state index is -1.19. The molecule has 2 aromatic rings. The van der Waals surface area contributed by atoms with Crippen molar-refractivity contribution in [3.63, 3.8) is 0 Å². The van der Waals surface area contributed by atoms with Gasteiger partial charge in [0, 0.05) is 12.0 Å². The highest BCUT2D eigenvalue weighted by atomic mass is 19.1. The zero-order chi connectivity index (χ0) is 13.4. The summed E-state index contributed by atoms with van der Waals surface area (Å²) in [7, 11) is 0. The molecule has 3 rings (SSSR count). The molecule has 0 amide bonds. The van der Waals surface area contributed by atoms with Gasteiger partial charge in [-0.1, -0.05) is 18.2 Å². The highest BCUT2D eigenvalue weighted by molar-refractivity contribution is 5.38. The van der Waals surface area contributed by atoms with Crippen molar-refractivity contribution in [3.05, 3.63) is 65.2 Å². The topological polar surface area (TPSA) is 29.5 Å². The number of halogens is 2. The highest BCUT2D eigenvalue weighted by Crippen LogP contribution is 2.34. The molecule has 1 heterocycles. The molecular formula is C15H12F2O2. The fraction of sp³-hybridized carbons (Fsp3) is 0.200. The lowest BCUT2D eigenvalue weighted by atomic mass is 10.00. The van der Waals surface area contributed by atoms with Gasteiger partial charge in [-0.2, -0.15) is 0 Å². The van der Waals surface area contributed by atoms with Crippen molar-refractivity contribution >= 4 is 0 Å². The van der Waals surface area contributed by atoms with Crippen LogP contribution < -0.4 is 4.74 Å². The van der Waals surface area contributed by atoms with E-state index in [1.807, 2.05) is 18.2 Å². The van der Waals surface area contributed by atoms with Crippen molar-refractivity contribution in [2.45, 2.75) is 18.6 Å². The van der Waals surface area contributed by atoms with Crippen LogP contribution in [0.15, 0.2) is 42.5 Å². The third-order valence-electron chi connectivity index (χ3n) is 3.30. The molecule has 0 radical (unpaired) electrons. The number of para-hydroxylation sites is 1. The van der Waals surface area contributed by atoms with Gasteiger partial charge in [-0.3, -0.25) is 0 Å². The molecule has 2 unspecified atom stereocenters. The zero-order valence-corrected chi connectivity index (χ0v) is 10.0. The van der Waals surface area contributed by atoms with Gasteiger partial charge in [-0.15, -0.1) is 0 Å². The SMILES string of the molecule is OC(c1cc(F)ccc1F)C1Cc2ccccc2O1. The van der Waals surface area contributed by atoms with E-state index in [4.69, 9.17) is 4.74 Å². The number of fused-ring (bicyclic) bond motifs is 1. The average molecular weight is 262 g/mol. The second kappa shape index (κ2) is 4.63. The Morgan fingerprint density at radius 3 is 2.74 bits per heavy atom. The van der Waals surface area contributed by atoms with Crippen LogP contribution >= 0.6 is 0 Å². The highest BCUT2D eigenvalue weighted by Gasteiger charge is 2.31. The smallest absolute Gasteiger partial charge is 0.133 e. The molecule has 4 heteroatoms. The van der Waals surface area contributed by atoms with Crippen molar-refractivity contribution in [3.8, 4) is 5.75 Å². The molecule has 2 aromatic carbocycles. The summed E-state index contributed by atoms with van der Waals surface area (Å²) in [5.41, 5.74) is 0.890. The predicted molar refractivity (Wildman–Crippen MR) is 65.9 cm³/mol. The van der Waals surface area contributed by atoms with E-state index in [2.05, 4.69) is 0 Å². The lowest BCUT2D eigenvalue weighted by molar-refractivity contribution is 0.0465. The Labute approximate surface area is 109 Å². The summed E-state index contributed by atoms with van der Waals surface area (Å²) in [5, 5.41) is 10.2. The molecule has 0 saturated carbocycles. The van der Waals surface area contributed by atoms with Crippen LogP contribution in [0, 0.1) is 11.6 Å². The van der Waals surface area contributed by atoms with Crippen LogP contribution in [-0.2, 0) is 6.42 Å². The molecule has 0 aromatic heterocycles. The first-order valence-electron chi connectivity index (χ1n) is 6.03.